The molecular weight excluding hydrogens is 206 g/mol. The molecule has 1 atom stereocenters. The molecule has 4 nitrogen and oxygen atoms in total. The molecule has 16 heavy (non-hydrogen) atoms. The average Bonchev–Trinajstić information content (AvgIpc) is 2.21. The number of hydrogen-bond acceptors (Lipinski definition) is 4. The molecule has 0 fully saturated rings. The summed E-state index contributed by atoms with van der Waals surface area (Å²) in [6, 6.07) is 4.75. The van der Waals surface area contributed by atoms with Gasteiger partial charge in [0, 0.05) is 6.54 Å². The zero-order valence-corrected chi connectivity index (χ0v) is 9.90. The van der Waals surface area contributed by atoms with Crippen LogP contribution in [0, 0.1) is 0 Å². The molecule has 0 aliphatic heterocycles. The minimum absolute atomic E-state index is 0.106. The van der Waals surface area contributed by atoms with Gasteiger partial charge in [0.15, 0.2) is 11.5 Å². The van der Waals surface area contributed by atoms with E-state index in [2.05, 4.69) is 5.32 Å². The van der Waals surface area contributed by atoms with Gasteiger partial charge in [-0.2, -0.15) is 0 Å². The zero-order valence-electron chi connectivity index (χ0n) is 9.90. The van der Waals surface area contributed by atoms with Gasteiger partial charge in [-0.15, -0.1) is 0 Å². The molecule has 0 heterocycles. The first-order valence-electron chi connectivity index (χ1n) is 5.36. The van der Waals surface area contributed by atoms with E-state index in [1.807, 2.05) is 20.9 Å². The lowest BCUT2D eigenvalue weighted by molar-refractivity contribution is 0.00801. The molecule has 0 aliphatic carbocycles. The predicted octanol–water partition coefficient (Wildman–Crippen LogP) is 1.78. The maximum absolute atomic E-state index is 9.43. The quantitative estimate of drug-likeness (QED) is 0.668. The number of hydrogen-bond donors (Lipinski definition) is 3. The van der Waals surface area contributed by atoms with Gasteiger partial charge in [-0.1, -0.05) is 6.07 Å². The van der Waals surface area contributed by atoms with Gasteiger partial charge in [0.05, 0.1) is 12.2 Å². The smallest absolute Gasteiger partial charge is 0.157 e. The number of benzene rings is 1. The molecule has 0 bridgehead atoms. The van der Waals surface area contributed by atoms with Crippen molar-refractivity contribution < 1.29 is 14.9 Å². The first kappa shape index (κ1) is 12.8. The summed E-state index contributed by atoms with van der Waals surface area (Å²) in [5, 5.41) is 21.7. The van der Waals surface area contributed by atoms with Gasteiger partial charge in [-0.3, -0.25) is 0 Å². The normalized spacial score (nSPS) is 13.0. The Hall–Kier alpha value is -1.26. The van der Waals surface area contributed by atoms with Crippen LogP contribution in [0.2, 0.25) is 0 Å². The van der Waals surface area contributed by atoms with Crippen molar-refractivity contribution in [2.75, 3.05) is 13.6 Å². The van der Waals surface area contributed by atoms with E-state index in [0.29, 0.717) is 6.54 Å². The second kappa shape index (κ2) is 5.72. The third-order valence-corrected chi connectivity index (χ3v) is 2.20. The Kier molecular flexibility index (Phi) is 4.58. The summed E-state index contributed by atoms with van der Waals surface area (Å²) < 4.78 is 5.72. The lowest BCUT2D eigenvalue weighted by atomic mass is 10.1. The molecule has 90 valence electrons. The number of rotatable bonds is 5. The summed E-state index contributed by atoms with van der Waals surface area (Å²) in [6.07, 6.45) is -0.0224. The second-order valence-corrected chi connectivity index (χ2v) is 3.98. The number of phenolic OH excluding ortho intramolecular Hbond substituents is 2. The maximum atomic E-state index is 9.43. The van der Waals surface area contributed by atoms with E-state index in [1.165, 1.54) is 12.1 Å². The SMILES string of the molecule is CNC[C@@H](OC(C)C)c1ccc(O)c(O)c1. The predicted molar refractivity (Wildman–Crippen MR) is 62.7 cm³/mol. The lowest BCUT2D eigenvalue weighted by Crippen LogP contribution is -2.22. The van der Waals surface area contributed by atoms with Crippen molar-refractivity contribution in [3.05, 3.63) is 23.8 Å². The van der Waals surface area contributed by atoms with E-state index in [4.69, 9.17) is 4.74 Å². The monoisotopic (exact) mass is 225 g/mol. The first-order chi connectivity index (χ1) is 7.54. The first-order valence-corrected chi connectivity index (χ1v) is 5.36. The molecule has 0 unspecified atom stereocenters. The molecule has 1 aromatic rings. The topological polar surface area (TPSA) is 61.7 Å². The van der Waals surface area contributed by atoms with Gasteiger partial charge in [0.25, 0.3) is 0 Å². The molecule has 1 aromatic carbocycles. The van der Waals surface area contributed by atoms with Crippen molar-refractivity contribution in [2.24, 2.45) is 0 Å². The Balaban J connectivity index is 2.87. The molecule has 0 radical (unpaired) electrons. The van der Waals surface area contributed by atoms with Crippen LogP contribution in [0.25, 0.3) is 0 Å². The summed E-state index contributed by atoms with van der Waals surface area (Å²) in [5.41, 5.74) is 0.846. The molecule has 0 saturated carbocycles. The molecule has 0 spiro atoms. The van der Waals surface area contributed by atoms with E-state index >= 15 is 0 Å². The minimum atomic E-state index is -0.128. The van der Waals surface area contributed by atoms with Crippen LogP contribution in [0.5, 0.6) is 11.5 Å². The number of phenols is 2. The summed E-state index contributed by atoms with van der Waals surface area (Å²) in [6.45, 7) is 4.58. The van der Waals surface area contributed by atoms with Crippen molar-refractivity contribution in [3.8, 4) is 11.5 Å². The minimum Gasteiger partial charge on any atom is -0.504 e. The fourth-order valence-electron chi connectivity index (χ4n) is 1.50. The van der Waals surface area contributed by atoms with Crippen LogP contribution >= 0.6 is 0 Å². The van der Waals surface area contributed by atoms with Crippen LogP contribution in [0.3, 0.4) is 0 Å². The molecule has 0 amide bonds. The van der Waals surface area contributed by atoms with E-state index in [0.717, 1.165) is 5.56 Å². The maximum Gasteiger partial charge on any atom is 0.157 e. The molecular formula is C12H19NO3. The zero-order chi connectivity index (χ0) is 12.1. The van der Waals surface area contributed by atoms with Gasteiger partial charge in [0.1, 0.15) is 0 Å². The van der Waals surface area contributed by atoms with Crippen LogP contribution < -0.4 is 5.32 Å². The van der Waals surface area contributed by atoms with Gasteiger partial charge < -0.3 is 20.3 Å². The fourth-order valence-corrected chi connectivity index (χ4v) is 1.50. The van der Waals surface area contributed by atoms with Crippen LogP contribution in [0.1, 0.15) is 25.5 Å². The fraction of sp³-hybridized carbons (Fsp3) is 0.500. The highest BCUT2D eigenvalue weighted by Gasteiger charge is 2.14. The van der Waals surface area contributed by atoms with E-state index in [1.54, 1.807) is 6.07 Å². The highest BCUT2D eigenvalue weighted by Crippen LogP contribution is 2.29. The average molecular weight is 225 g/mol. The van der Waals surface area contributed by atoms with Gasteiger partial charge in [0.2, 0.25) is 0 Å². The summed E-state index contributed by atoms with van der Waals surface area (Å²) in [5.74, 6) is -0.234. The van der Waals surface area contributed by atoms with E-state index in [9.17, 15) is 10.2 Å². The van der Waals surface area contributed by atoms with Gasteiger partial charge >= 0.3 is 0 Å². The number of nitrogens with one attached hydrogen (secondary N) is 1. The molecule has 0 aromatic heterocycles. The van der Waals surface area contributed by atoms with Crippen molar-refractivity contribution in [1.29, 1.82) is 0 Å². The summed E-state index contributed by atoms with van der Waals surface area (Å²) in [4.78, 5) is 0. The molecule has 3 N–H and O–H groups in total. The standard InChI is InChI=1S/C12H19NO3/c1-8(2)16-12(7-13-3)9-4-5-10(14)11(15)6-9/h4-6,8,12-15H,7H2,1-3H3/t12-/m1/s1. The third kappa shape index (κ3) is 3.40. The van der Waals surface area contributed by atoms with Crippen molar-refractivity contribution in [2.45, 2.75) is 26.1 Å². The third-order valence-electron chi connectivity index (χ3n) is 2.20. The second-order valence-electron chi connectivity index (χ2n) is 3.98. The van der Waals surface area contributed by atoms with E-state index in [-0.39, 0.29) is 23.7 Å². The van der Waals surface area contributed by atoms with Crippen LogP contribution in [0.15, 0.2) is 18.2 Å². The van der Waals surface area contributed by atoms with E-state index < -0.39 is 0 Å². The van der Waals surface area contributed by atoms with Crippen LogP contribution in [-0.4, -0.2) is 29.9 Å². The van der Waals surface area contributed by atoms with Crippen molar-refractivity contribution in [3.63, 3.8) is 0 Å². The van der Waals surface area contributed by atoms with Crippen LogP contribution in [-0.2, 0) is 4.74 Å². The summed E-state index contributed by atoms with van der Waals surface area (Å²) in [7, 11) is 1.84. The Morgan fingerprint density at radius 3 is 2.44 bits per heavy atom. The number of aromatic hydroxyl groups is 2. The molecule has 4 heteroatoms. The number of ether oxygens (including phenoxy) is 1. The largest absolute Gasteiger partial charge is 0.504 e. The Bertz CT molecular complexity index is 339. The van der Waals surface area contributed by atoms with Crippen molar-refractivity contribution >= 4 is 0 Å². The Morgan fingerprint density at radius 2 is 1.94 bits per heavy atom. The molecule has 1 rings (SSSR count). The van der Waals surface area contributed by atoms with Crippen molar-refractivity contribution in [1.82, 2.24) is 5.32 Å². The number of likely N-dealkylation sites (N-methyl/N-ethyl adjacent to an activating group) is 1. The summed E-state index contributed by atoms with van der Waals surface area (Å²) >= 11 is 0. The highest BCUT2D eigenvalue weighted by atomic mass is 16.5. The van der Waals surface area contributed by atoms with Crippen LogP contribution in [0.4, 0.5) is 0 Å². The highest BCUT2D eigenvalue weighted by molar-refractivity contribution is 5.41. The molecule has 0 aliphatic rings. The Morgan fingerprint density at radius 1 is 1.25 bits per heavy atom. The molecule has 0 saturated heterocycles. The van der Waals surface area contributed by atoms with Gasteiger partial charge in [-0.05, 0) is 38.6 Å². The van der Waals surface area contributed by atoms with Gasteiger partial charge in [-0.25, -0.2) is 0 Å². The lowest BCUT2D eigenvalue weighted by Gasteiger charge is -2.20. The Labute approximate surface area is 95.9 Å².